The summed E-state index contributed by atoms with van der Waals surface area (Å²) in [5.41, 5.74) is 5.66. The van der Waals surface area contributed by atoms with E-state index in [-0.39, 0.29) is 11.8 Å². The highest BCUT2D eigenvalue weighted by Gasteiger charge is 2.37. The van der Waals surface area contributed by atoms with Gasteiger partial charge in [0.05, 0.1) is 6.42 Å². The molecule has 3 N–H and O–H groups in total. The van der Waals surface area contributed by atoms with E-state index in [1.807, 2.05) is 0 Å². The largest absolute Gasteiger partial charge is 0.481 e. The first-order chi connectivity index (χ1) is 6.99. The number of carbonyl (C=O) groups is 1. The zero-order chi connectivity index (χ0) is 11.5. The second-order valence-electron chi connectivity index (χ2n) is 5.38. The van der Waals surface area contributed by atoms with E-state index in [9.17, 15) is 4.79 Å². The third-order valence-electron chi connectivity index (χ3n) is 3.88. The van der Waals surface area contributed by atoms with Crippen LogP contribution in [-0.2, 0) is 4.79 Å². The molecule has 3 heteroatoms. The zero-order valence-corrected chi connectivity index (χ0v) is 9.83. The van der Waals surface area contributed by atoms with Crippen LogP contribution < -0.4 is 5.73 Å². The number of carboxylic acid groups (broad SMARTS) is 1. The van der Waals surface area contributed by atoms with E-state index in [0.29, 0.717) is 18.4 Å². The Morgan fingerprint density at radius 1 is 1.60 bits per heavy atom. The predicted octanol–water partition coefficient (Wildman–Crippen LogP) is 2.25. The van der Waals surface area contributed by atoms with Crippen LogP contribution >= 0.6 is 0 Å². The molecule has 88 valence electrons. The monoisotopic (exact) mass is 213 g/mol. The Labute approximate surface area is 92.0 Å². The van der Waals surface area contributed by atoms with Gasteiger partial charge in [0.25, 0.3) is 0 Å². The molecular weight excluding hydrogens is 190 g/mol. The molecule has 0 aliphatic heterocycles. The summed E-state index contributed by atoms with van der Waals surface area (Å²) < 4.78 is 0. The summed E-state index contributed by atoms with van der Waals surface area (Å²) in [6.07, 6.45) is 4.59. The smallest absolute Gasteiger partial charge is 0.303 e. The first kappa shape index (κ1) is 12.5. The summed E-state index contributed by atoms with van der Waals surface area (Å²) in [6, 6.07) is 0. The number of carboxylic acids is 1. The van der Waals surface area contributed by atoms with Crippen molar-refractivity contribution in [1.29, 1.82) is 0 Å². The van der Waals surface area contributed by atoms with E-state index in [2.05, 4.69) is 13.8 Å². The van der Waals surface area contributed by atoms with Gasteiger partial charge in [0, 0.05) is 0 Å². The lowest BCUT2D eigenvalue weighted by Gasteiger charge is -2.40. The number of hydrogen-bond acceptors (Lipinski definition) is 2. The van der Waals surface area contributed by atoms with Gasteiger partial charge >= 0.3 is 5.97 Å². The Kier molecular flexibility index (Phi) is 4.14. The lowest BCUT2D eigenvalue weighted by atomic mass is 9.65. The van der Waals surface area contributed by atoms with Gasteiger partial charge in [-0.2, -0.15) is 0 Å². The number of hydrogen-bond donors (Lipinski definition) is 2. The number of nitrogens with two attached hydrogens (primary N) is 1. The molecule has 0 aromatic heterocycles. The van der Waals surface area contributed by atoms with Crippen LogP contribution in [0.2, 0.25) is 0 Å². The number of aliphatic carboxylic acids is 1. The predicted molar refractivity (Wildman–Crippen MR) is 60.5 cm³/mol. The van der Waals surface area contributed by atoms with Crippen LogP contribution in [0.15, 0.2) is 0 Å². The van der Waals surface area contributed by atoms with Crippen LogP contribution in [0, 0.1) is 17.3 Å². The second-order valence-corrected chi connectivity index (χ2v) is 5.38. The molecule has 0 unspecified atom stereocenters. The van der Waals surface area contributed by atoms with Crippen molar-refractivity contribution in [3.63, 3.8) is 0 Å². The fourth-order valence-electron chi connectivity index (χ4n) is 2.81. The minimum atomic E-state index is -0.704. The first-order valence-electron chi connectivity index (χ1n) is 5.91. The average molecular weight is 213 g/mol. The van der Waals surface area contributed by atoms with Gasteiger partial charge in [-0.3, -0.25) is 4.79 Å². The van der Waals surface area contributed by atoms with Crippen molar-refractivity contribution >= 4 is 5.97 Å². The van der Waals surface area contributed by atoms with Gasteiger partial charge in [0.1, 0.15) is 0 Å². The molecule has 0 amide bonds. The standard InChI is InChI=1S/C12H23NO2/c1-9(2)10-4-3-5-12(6-10,8-13)7-11(14)15/h9-10H,3-8,13H2,1-2H3,(H,14,15)/t10-,12+/m0/s1. The average Bonchev–Trinajstić information content (AvgIpc) is 2.17. The van der Waals surface area contributed by atoms with Crippen LogP contribution in [-0.4, -0.2) is 17.6 Å². The van der Waals surface area contributed by atoms with E-state index in [1.165, 1.54) is 6.42 Å². The molecule has 0 saturated heterocycles. The fourth-order valence-corrected chi connectivity index (χ4v) is 2.81. The summed E-state index contributed by atoms with van der Waals surface area (Å²) in [4.78, 5) is 10.9. The quantitative estimate of drug-likeness (QED) is 0.753. The molecule has 0 aromatic rings. The molecule has 1 aliphatic rings. The van der Waals surface area contributed by atoms with Crippen LogP contribution in [0.3, 0.4) is 0 Å². The summed E-state index contributed by atoms with van der Waals surface area (Å²) >= 11 is 0. The van der Waals surface area contributed by atoms with E-state index < -0.39 is 5.97 Å². The molecule has 1 saturated carbocycles. The van der Waals surface area contributed by atoms with Crippen molar-refractivity contribution in [2.45, 2.75) is 46.0 Å². The van der Waals surface area contributed by atoms with Gasteiger partial charge in [0.15, 0.2) is 0 Å². The first-order valence-corrected chi connectivity index (χ1v) is 5.91. The van der Waals surface area contributed by atoms with Crippen molar-refractivity contribution in [3.05, 3.63) is 0 Å². The third kappa shape index (κ3) is 3.20. The van der Waals surface area contributed by atoms with E-state index in [0.717, 1.165) is 19.3 Å². The maximum atomic E-state index is 10.9. The van der Waals surface area contributed by atoms with Gasteiger partial charge in [-0.1, -0.05) is 26.7 Å². The zero-order valence-electron chi connectivity index (χ0n) is 9.83. The molecular formula is C12H23NO2. The van der Waals surface area contributed by atoms with Gasteiger partial charge < -0.3 is 10.8 Å². The lowest BCUT2D eigenvalue weighted by molar-refractivity contribution is -0.140. The van der Waals surface area contributed by atoms with Crippen molar-refractivity contribution in [2.75, 3.05) is 6.54 Å². The summed E-state index contributed by atoms with van der Waals surface area (Å²) in [5, 5.41) is 8.93. The van der Waals surface area contributed by atoms with Gasteiger partial charge in [-0.05, 0) is 36.6 Å². The highest BCUT2D eigenvalue weighted by atomic mass is 16.4. The number of rotatable bonds is 4. The SMILES string of the molecule is CC(C)[C@H]1CCC[C@](CN)(CC(=O)O)C1. The molecule has 3 nitrogen and oxygen atoms in total. The van der Waals surface area contributed by atoms with Crippen molar-refractivity contribution in [1.82, 2.24) is 0 Å². The Bertz CT molecular complexity index is 228. The third-order valence-corrected chi connectivity index (χ3v) is 3.88. The summed E-state index contributed by atoms with van der Waals surface area (Å²) in [5.74, 6) is 0.594. The Morgan fingerprint density at radius 3 is 2.73 bits per heavy atom. The molecule has 0 radical (unpaired) electrons. The highest BCUT2D eigenvalue weighted by Crippen LogP contribution is 2.43. The molecule has 0 bridgehead atoms. The molecule has 15 heavy (non-hydrogen) atoms. The van der Waals surface area contributed by atoms with Crippen molar-refractivity contribution < 1.29 is 9.90 Å². The fraction of sp³-hybridized carbons (Fsp3) is 0.917. The molecule has 2 atom stereocenters. The Hall–Kier alpha value is -0.570. The normalized spacial score (nSPS) is 31.9. The van der Waals surface area contributed by atoms with E-state index in [1.54, 1.807) is 0 Å². The van der Waals surface area contributed by atoms with Crippen LogP contribution in [0.4, 0.5) is 0 Å². The molecule has 0 heterocycles. The molecule has 1 rings (SSSR count). The molecule has 0 spiro atoms. The Balaban J connectivity index is 2.67. The van der Waals surface area contributed by atoms with E-state index in [4.69, 9.17) is 10.8 Å². The minimum absolute atomic E-state index is 0.126. The van der Waals surface area contributed by atoms with Gasteiger partial charge in [-0.15, -0.1) is 0 Å². The maximum absolute atomic E-state index is 10.9. The van der Waals surface area contributed by atoms with Crippen molar-refractivity contribution in [2.24, 2.45) is 23.0 Å². The lowest BCUT2D eigenvalue weighted by Crippen LogP contribution is -2.38. The molecule has 0 aromatic carbocycles. The summed E-state index contributed by atoms with van der Waals surface area (Å²) in [6.45, 7) is 4.96. The summed E-state index contributed by atoms with van der Waals surface area (Å²) in [7, 11) is 0. The second kappa shape index (κ2) is 4.97. The van der Waals surface area contributed by atoms with Crippen LogP contribution in [0.25, 0.3) is 0 Å². The van der Waals surface area contributed by atoms with Gasteiger partial charge in [-0.25, -0.2) is 0 Å². The van der Waals surface area contributed by atoms with E-state index >= 15 is 0 Å². The highest BCUT2D eigenvalue weighted by molar-refractivity contribution is 5.67. The van der Waals surface area contributed by atoms with Crippen LogP contribution in [0.1, 0.15) is 46.0 Å². The van der Waals surface area contributed by atoms with Crippen LogP contribution in [0.5, 0.6) is 0 Å². The topological polar surface area (TPSA) is 63.3 Å². The van der Waals surface area contributed by atoms with Crippen molar-refractivity contribution in [3.8, 4) is 0 Å². The minimum Gasteiger partial charge on any atom is -0.481 e. The van der Waals surface area contributed by atoms with Gasteiger partial charge in [0.2, 0.25) is 0 Å². The molecule has 1 aliphatic carbocycles. The molecule has 1 fully saturated rings. The Morgan fingerprint density at radius 2 is 2.27 bits per heavy atom. The maximum Gasteiger partial charge on any atom is 0.303 e.